The molecule has 148 valence electrons. The minimum atomic E-state index is -1.88. The Bertz CT molecular complexity index is 438. The van der Waals surface area contributed by atoms with Crippen LogP contribution in [0.3, 0.4) is 0 Å². The summed E-state index contributed by atoms with van der Waals surface area (Å²) in [6, 6.07) is 0. The smallest absolute Gasteiger partial charge is 0.410 e. The number of ether oxygens (including phenoxy) is 2. The molecule has 0 atom stereocenters. The van der Waals surface area contributed by atoms with Crippen LogP contribution >= 0.6 is 0 Å². The predicted molar refractivity (Wildman–Crippen MR) is 102 cm³/mol. The first-order valence-corrected chi connectivity index (χ1v) is 11.9. The summed E-state index contributed by atoms with van der Waals surface area (Å²) in [4.78, 5) is 25.5. The zero-order valence-electron chi connectivity index (χ0n) is 17.5. The minimum absolute atomic E-state index is 0.106. The fraction of sp³-hybridized carbons (Fsp3) is 0.889. The fourth-order valence-electron chi connectivity index (χ4n) is 1.71. The van der Waals surface area contributed by atoms with E-state index in [0.29, 0.717) is 19.8 Å². The fourth-order valence-corrected chi connectivity index (χ4v) is 2.74. The third-order valence-corrected chi connectivity index (χ3v) is 8.71. The van der Waals surface area contributed by atoms with Gasteiger partial charge in [0.2, 0.25) is 0 Å². The molecular weight excluding hydrogens is 338 g/mol. The van der Waals surface area contributed by atoms with Gasteiger partial charge in [0.15, 0.2) is 8.32 Å². The number of carbonyl (C=O) groups is 2. The maximum atomic E-state index is 12.4. The molecule has 0 aromatic rings. The SMILES string of the molecule is CCOC(=O)CCN(CCO[Si](C)(C)C(C)(C)C)C(=O)OC(C)(C)C. The van der Waals surface area contributed by atoms with E-state index in [1.165, 1.54) is 4.90 Å². The molecule has 0 aliphatic heterocycles. The highest BCUT2D eigenvalue weighted by atomic mass is 28.4. The third kappa shape index (κ3) is 9.84. The summed E-state index contributed by atoms with van der Waals surface area (Å²) >= 11 is 0. The Labute approximate surface area is 154 Å². The van der Waals surface area contributed by atoms with Crippen LogP contribution < -0.4 is 0 Å². The molecule has 6 nitrogen and oxygen atoms in total. The summed E-state index contributed by atoms with van der Waals surface area (Å²) in [7, 11) is -1.88. The van der Waals surface area contributed by atoms with Crippen LogP contribution in [0.15, 0.2) is 0 Å². The van der Waals surface area contributed by atoms with Gasteiger partial charge in [-0.2, -0.15) is 0 Å². The van der Waals surface area contributed by atoms with E-state index in [0.717, 1.165) is 0 Å². The van der Waals surface area contributed by atoms with Crippen LogP contribution in [0, 0.1) is 0 Å². The Kier molecular flexibility index (Phi) is 9.15. The molecule has 0 unspecified atom stereocenters. The molecule has 0 aromatic heterocycles. The second-order valence-corrected chi connectivity index (χ2v) is 13.4. The topological polar surface area (TPSA) is 65.1 Å². The van der Waals surface area contributed by atoms with Crippen LogP contribution in [0.4, 0.5) is 4.79 Å². The van der Waals surface area contributed by atoms with Gasteiger partial charge in [0.05, 0.1) is 19.6 Å². The zero-order valence-corrected chi connectivity index (χ0v) is 18.5. The molecule has 0 bridgehead atoms. The van der Waals surface area contributed by atoms with Crippen LogP contribution in [-0.2, 0) is 18.7 Å². The van der Waals surface area contributed by atoms with Gasteiger partial charge in [0.25, 0.3) is 0 Å². The summed E-state index contributed by atoms with van der Waals surface area (Å²) in [6.45, 7) is 19.5. The first-order valence-electron chi connectivity index (χ1n) is 8.97. The number of nitrogens with zero attached hydrogens (tertiary/aromatic N) is 1. The molecule has 0 fully saturated rings. The lowest BCUT2D eigenvalue weighted by Gasteiger charge is -2.37. The van der Waals surface area contributed by atoms with E-state index in [1.54, 1.807) is 6.92 Å². The molecule has 0 N–H and O–H groups in total. The molecule has 7 heteroatoms. The van der Waals surface area contributed by atoms with Crippen LogP contribution in [0.1, 0.15) is 54.9 Å². The molecule has 0 rings (SSSR count). The minimum Gasteiger partial charge on any atom is -0.466 e. The monoisotopic (exact) mass is 375 g/mol. The number of rotatable bonds is 8. The van der Waals surface area contributed by atoms with Crippen molar-refractivity contribution in [2.45, 2.75) is 78.6 Å². The molecule has 1 amide bonds. The van der Waals surface area contributed by atoms with Gasteiger partial charge >= 0.3 is 12.1 Å². The Morgan fingerprint density at radius 1 is 1.00 bits per heavy atom. The van der Waals surface area contributed by atoms with E-state index in [1.807, 2.05) is 20.8 Å². The Balaban J connectivity index is 4.78. The van der Waals surface area contributed by atoms with Crippen molar-refractivity contribution in [2.24, 2.45) is 0 Å². The first-order chi connectivity index (χ1) is 11.2. The molecule has 25 heavy (non-hydrogen) atoms. The normalized spacial score (nSPS) is 12.7. The van der Waals surface area contributed by atoms with Crippen molar-refractivity contribution < 1.29 is 23.5 Å². The van der Waals surface area contributed by atoms with Gasteiger partial charge in [-0.3, -0.25) is 4.79 Å². The van der Waals surface area contributed by atoms with Crippen molar-refractivity contribution in [3.05, 3.63) is 0 Å². The van der Waals surface area contributed by atoms with Crippen molar-refractivity contribution in [3.63, 3.8) is 0 Å². The Morgan fingerprint density at radius 2 is 1.56 bits per heavy atom. The van der Waals surface area contributed by atoms with E-state index in [-0.39, 0.29) is 24.0 Å². The van der Waals surface area contributed by atoms with Crippen molar-refractivity contribution >= 4 is 20.4 Å². The molecule has 0 aliphatic carbocycles. The van der Waals surface area contributed by atoms with Crippen molar-refractivity contribution in [2.75, 3.05) is 26.3 Å². The van der Waals surface area contributed by atoms with Gasteiger partial charge in [-0.05, 0) is 45.8 Å². The van der Waals surface area contributed by atoms with Gasteiger partial charge in [-0.1, -0.05) is 20.8 Å². The second kappa shape index (κ2) is 9.57. The van der Waals surface area contributed by atoms with Gasteiger partial charge in [-0.25, -0.2) is 4.79 Å². The molecule has 0 saturated carbocycles. The predicted octanol–water partition coefficient (Wildman–Crippen LogP) is 4.20. The summed E-state index contributed by atoms with van der Waals surface area (Å²) in [5, 5.41) is 0.106. The van der Waals surface area contributed by atoms with E-state index in [4.69, 9.17) is 13.9 Å². The van der Waals surface area contributed by atoms with Gasteiger partial charge in [0.1, 0.15) is 5.60 Å². The van der Waals surface area contributed by atoms with E-state index in [2.05, 4.69) is 33.9 Å². The lowest BCUT2D eigenvalue weighted by molar-refractivity contribution is -0.143. The number of hydrogen-bond acceptors (Lipinski definition) is 5. The highest BCUT2D eigenvalue weighted by Crippen LogP contribution is 2.36. The van der Waals surface area contributed by atoms with Crippen LogP contribution in [0.5, 0.6) is 0 Å². The maximum absolute atomic E-state index is 12.4. The van der Waals surface area contributed by atoms with E-state index >= 15 is 0 Å². The van der Waals surface area contributed by atoms with E-state index in [9.17, 15) is 9.59 Å². The summed E-state index contributed by atoms with van der Waals surface area (Å²) in [5.41, 5.74) is -0.584. The molecule has 0 radical (unpaired) electrons. The van der Waals surface area contributed by atoms with Crippen LogP contribution in [0.2, 0.25) is 18.1 Å². The molecular formula is C18H37NO5Si. The summed E-state index contributed by atoms with van der Waals surface area (Å²) in [5.74, 6) is -0.318. The highest BCUT2D eigenvalue weighted by molar-refractivity contribution is 6.74. The average molecular weight is 376 g/mol. The molecule has 0 aliphatic rings. The number of carbonyl (C=O) groups excluding carboxylic acids is 2. The quantitative estimate of drug-likeness (QED) is 0.470. The standard InChI is InChI=1S/C18H37NO5Si/c1-10-22-15(20)11-12-19(16(21)24-17(2,3)4)13-14-23-25(8,9)18(5,6)7/h10-14H2,1-9H3. The number of hydrogen-bond donors (Lipinski definition) is 0. The lowest BCUT2D eigenvalue weighted by Crippen LogP contribution is -2.44. The van der Waals surface area contributed by atoms with Crippen LogP contribution in [0.25, 0.3) is 0 Å². The molecule has 0 spiro atoms. The largest absolute Gasteiger partial charge is 0.466 e. The van der Waals surface area contributed by atoms with E-state index < -0.39 is 20.0 Å². The van der Waals surface area contributed by atoms with Gasteiger partial charge < -0.3 is 18.8 Å². The zero-order chi connectivity index (χ0) is 19.9. The average Bonchev–Trinajstić information content (AvgIpc) is 2.39. The third-order valence-electron chi connectivity index (χ3n) is 4.17. The molecule has 0 aromatic carbocycles. The second-order valence-electron chi connectivity index (χ2n) is 8.63. The Morgan fingerprint density at radius 3 is 2.00 bits per heavy atom. The van der Waals surface area contributed by atoms with Crippen LogP contribution in [-0.4, -0.2) is 57.2 Å². The Hall–Kier alpha value is -1.08. The number of amides is 1. The van der Waals surface area contributed by atoms with Gasteiger partial charge in [-0.15, -0.1) is 0 Å². The lowest BCUT2D eigenvalue weighted by atomic mass is 10.2. The maximum Gasteiger partial charge on any atom is 0.410 e. The van der Waals surface area contributed by atoms with Crippen molar-refractivity contribution in [3.8, 4) is 0 Å². The first kappa shape index (κ1) is 23.9. The molecule has 0 saturated heterocycles. The summed E-state index contributed by atoms with van der Waals surface area (Å²) in [6.07, 6.45) is -0.289. The number of esters is 1. The van der Waals surface area contributed by atoms with Crippen molar-refractivity contribution in [1.29, 1.82) is 0 Å². The molecule has 0 heterocycles. The highest BCUT2D eigenvalue weighted by Gasteiger charge is 2.37. The summed E-state index contributed by atoms with van der Waals surface area (Å²) < 4.78 is 16.5. The van der Waals surface area contributed by atoms with Gasteiger partial charge in [0, 0.05) is 13.1 Å². The van der Waals surface area contributed by atoms with Crippen molar-refractivity contribution in [1.82, 2.24) is 4.90 Å².